The minimum Gasteiger partial charge on any atom is -0.497 e. The molecule has 7 heteroatoms. The number of nitrogens with zero attached hydrogens (tertiary/aromatic N) is 2. The largest absolute Gasteiger partial charge is 0.497 e. The maximum Gasteiger partial charge on any atom is 0.186 e. The van der Waals surface area contributed by atoms with Crippen molar-refractivity contribution in [3.63, 3.8) is 0 Å². The molecule has 1 aliphatic heterocycles. The van der Waals surface area contributed by atoms with E-state index in [1.165, 1.54) is 17.4 Å². The van der Waals surface area contributed by atoms with Gasteiger partial charge in [0.15, 0.2) is 16.8 Å². The fourth-order valence-corrected chi connectivity index (χ4v) is 3.90. The molecule has 1 atom stereocenters. The number of rotatable bonds is 3. The molecule has 1 aliphatic rings. The van der Waals surface area contributed by atoms with Crippen molar-refractivity contribution in [2.45, 2.75) is 6.10 Å². The molecular weight excluding hydrogens is 346 g/mol. The van der Waals surface area contributed by atoms with E-state index in [1.807, 2.05) is 24.3 Å². The van der Waals surface area contributed by atoms with Gasteiger partial charge in [-0.1, -0.05) is 23.5 Å². The van der Waals surface area contributed by atoms with E-state index in [1.54, 1.807) is 7.11 Å². The summed E-state index contributed by atoms with van der Waals surface area (Å²) in [6.45, 7) is 1.89. The molecule has 3 aromatic rings. The molecule has 1 fully saturated rings. The second-order valence-corrected chi connectivity index (χ2v) is 6.82. The van der Waals surface area contributed by atoms with Gasteiger partial charge in [0.2, 0.25) is 0 Å². The van der Waals surface area contributed by atoms with Crippen LogP contribution in [0.25, 0.3) is 10.2 Å². The molecule has 0 spiro atoms. The summed E-state index contributed by atoms with van der Waals surface area (Å²) < 4.78 is 38.5. The van der Waals surface area contributed by atoms with E-state index in [4.69, 9.17) is 9.47 Å². The van der Waals surface area contributed by atoms with Gasteiger partial charge in [0, 0.05) is 12.6 Å². The molecule has 2 heterocycles. The number of aromatic nitrogens is 1. The Morgan fingerprint density at radius 3 is 2.72 bits per heavy atom. The summed E-state index contributed by atoms with van der Waals surface area (Å²) in [6, 6.07) is 10.1. The van der Waals surface area contributed by atoms with E-state index in [0.29, 0.717) is 29.9 Å². The summed E-state index contributed by atoms with van der Waals surface area (Å²) in [4.78, 5) is 6.55. The molecule has 4 nitrogen and oxygen atoms in total. The van der Waals surface area contributed by atoms with Crippen LogP contribution in [0.1, 0.15) is 11.7 Å². The van der Waals surface area contributed by atoms with Gasteiger partial charge in [-0.3, -0.25) is 0 Å². The first-order chi connectivity index (χ1) is 12.1. The van der Waals surface area contributed by atoms with Crippen LogP contribution in [0.4, 0.5) is 13.9 Å². The first-order valence-corrected chi connectivity index (χ1v) is 8.72. The maximum absolute atomic E-state index is 13.4. The lowest BCUT2D eigenvalue weighted by molar-refractivity contribution is 0.0398. The van der Waals surface area contributed by atoms with Gasteiger partial charge in [0.25, 0.3) is 0 Å². The highest BCUT2D eigenvalue weighted by atomic mass is 32.1. The van der Waals surface area contributed by atoms with Crippen molar-refractivity contribution < 1.29 is 18.3 Å². The minimum absolute atomic E-state index is 0.0832. The summed E-state index contributed by atoms with van der Waals surface area (Å²) in [5.41, 5.74) is 1.54. The highest BCUT2D eigenvalue weighted by molar-refractivity contribution is 7.22. The summed E-state index contributed by atoms with van der Waals surface area (Å²) in [5.74, 6) is -0.921. The standard InChI is InChI=1S/C18H16F2N2O2S/c1-23-12-4-2-11(3-5-12)16-10-22(6-7-24-16)18-21-15-8-13(19)14(20)9-17(15)25-18/h2-5,8-9,16H,6-7,10H2,1H3. The Hall–Kier alpha value is -2.25. The number of anilines is 1. The molecule has 1 saturated heterocycles. The number of hydrogen-bond donors (Lipinski definition) is 0. The number of methoxy groups -OCH3 is 1. The first kappa shape index (κ1) is 16.2. The van der Waals surface area contributed by atoms with Crippen LogP contribution in [0.15, 0.2) is 36.4 Å². The smallest absolute Gasteiger partial charge is 0.186 e. The van der Waals surface area contributed by atoms with Crippen molar-refractivity contribution in [3.05, 3.63) is 53.6 Å². The van der Waals surface area contributed by atoms with Crippen molar-refractivity contribution in [2.24, 2.45) is 0 Å². The van der Waals surface area contributed by atoms with E-state index in [0.717, 1.165) is 22.5 Å². The van der Waals surface area contributed by atoms with Crippen LogP contribution in [-0.4, -0.2) is 31.8 Å². The lowest BCUT2D eigenvalue weighted by Crippen LogP contribution is -2.38. The van der Waals surface area contributed by atoms with Gasteiger partial charge in [0.1, 0.15) is 11.9 Å². The van der Waals surface area contributed by atoms with Gasteiger partial charge in [0.05, 0.1) is 30.5 Å². The predicted molar refractivity (Wildman–Crippen MR) is 93.4 cm³/mol. The molecule has 1 unspecified atom stereocenters. The summed E-state index contributed by atoms with van der Waals surface area (Å²) in [6.07, 6.45) is -0.0832. The quantitative estimate of drug-likeness (QED) is 0.701. The average molecular weight is 362 g/mol. The first-order valence-electron chi connectivity index (χ1n) is 7.90. The monoisotopic (exact) mass is 362 g/mol. The van der Waals surface area contributed by atoms with Crippen LogP contribution in [0.2, 0.25) is 0 Å². The topological polar surface area (TPSA) is 34.6 Å². The summed E-state index contributed by atoms with van der Waals surface area (Å²) in [5, 5.41) is 0.752. The molecule has 130 valence electrons. The van der Waals surface area contributed by atoms with E-state index in [-0.39, 0.29) is 6.10 Å². The average Bonchev–Trinajstić information content (AvgIpc) is 3.05. The van der Waals surface area contributed by atoms with Gasteiger partial charge in [-0.15, -0.1) is 0 Å². The van der Waals surface area contributed by atoms with Crippen molar-refractivity contribution >= 4 is 26.7 Å². The second kappa shape index (κ2) is 6.57. The molecule has 4 rings (SSSR count). The molecule has 2 aromatic carbocycles. The number of fused-ring (bicyclic) bond motifs is 1. The highest BCUT2D eigenvalue weighted by Gasteiger charge is 2.24. The molecule has 0 aliphatic carbocycles. The zero-order valence-corrected chi connectivity index (χ0v) is 14.4. The lowest BCUT2D eigenvalue weighted by atomic mass is 10.1. The van der Waals surface area contributed by atoms with Crippen LogP contribution in [-0.2, 0) is 4.74 Å². The third-order valence-corrected chi connectivity index (χ3v) is 5.32. The Bertz CT molecular complexity index is 859. The van der Waals surface area contributed by atoms with Crippen LogP contribution in [0.3, 0.4) is 0 Å². The highest BCUT2D eigenvalue weighted by Crippen LogP contribution is 2.33. The number of halogens is 2. The van der Waals surface area contributed by atoms with E-state index in [2.05, 4.69) is 9.88 Å². The normalized spacial score (nSPS) is 17.9. The Kier molecular flexibility index (Phi) is 4.27. The fraction of sp³-hybridized carbons (Fsp3) is 0.278. The fourth-order valence-electron chi connectivity index (χ4n) is 2.89. The lowest BCUT2D eigenvalue weighted by Gasteiger charge is -2.33. The second-order valence-electron chi connectivity index (χ2n) is 5.81. The van der Waals surface area contributed by atoms with E-state index in [9.17, 15) is 8.78 Å². The van der Waals surface area contributed by atoms with Gasteiger partial charge in [-0.05, 0) is 23.8 Å². The van der Waals surface area contributed by atoms with Crippen LogP contribution >= 0.6 is 11.3 Å². The van der Waals surface area contributed by atoms with E-state index >= 15 is 0 Å². The van der Waals surface area contributed by atoms with Crippen LogP contribution < -0.4 is 9.64 Å². The van der Waals surface area contributed by atoms with Crippen molar-refractivity contribution in [1.29, 1.82) is 0 Å². The SMILES string of the molecule is COc1ccc(C2CN(c3nc4cc(F)c(F)cc4s3)CCO2)cc1. The summed E-state index contributed by atoms with van der Waals surface area (Å²) >= 11 is 1.36. The number of ether oxygens (including phenoxy) is 2. The van der Waals surface area contributed by atoms with Crippen molar-refractivity contribution in [3.8, 4) is 5.75 Å². The zero-order valence-electron chi connectivity index (χ0n) is 13.5. The molecular formula is C18H16F2N2O2S. The Labute approximate surface area is 147 Å². The Balaban J connectivity index is 1.58. The molecule has 0 radical (unpaired) electrons. The van der Waals surface area contributed by atoms with Gasteiger partial charge >= 0.3 is 0 Å². The molecule has 0 N–H and O–H groups in total. The minimum atomic E-state index is -0.873. The van der Waals surface area contributed by atoms with Gasteiger partial charge in [-0.25, -0.2) is 13.8 Å². The van der Waals surface area contributed by atoms with Gasteiger partial charge < -0.3 is 14.4 Å². The van der Waals surface area contributed by atoms with Crippen LogP contribution in [0.5, 0.6) is 5.75 Å². The van der Waals surface area contributed by atoms with Gasteiger partial charge in [-0.2, -0.15) is 0 Å². The summed E-state index contributed by atoms with van der Waals surface area (Å²) in [7, 11) is 1.63. The van der Waals surface area contributed by atoms with Crippen molar-refractivity contribution in [2.75, 3.05) is 31.7 Å². The maximum atomic E-state index is 13.4. The predicted octanol–water partition coefficient (Wildman–Crippen LogP) is 4.16. The third-order valence-electron chi connectivity index (χ3n) is 4.24. The zero-order chi connectivity index (χ0) is 17.4. The number of benzene rings is 2. The Morgan fingerprint density at radius 2 is 1.96 bits per heavy atom. The molecule has 0 amide bonds. The Morgan fingerprint density at radius 1 is 1.20 bits per heavy atom. The van der Waals surface area contributed by atoms with Crippen molar-refractivity contribution in [1.82, 2.24) is 4.98 Å². The molecule has 1 aromatic heterocycles. The number of morpholine rings is 1. The number of thiazole rings is 1. The molecule has 0 bridgehead atoms. The molecule has 0 saturated carbocycles. The third kappa shape index (κ3) is 3.17. The molecule has 25 heavy (non-hydrogen) atoms. The number of hydrogen-bond acceptors (Lipinski definition) is 5. The van der Waals surface area contributed by atoms with E-state index < -0.39 is 11.6 Å². The van der Waals surface area contributed by atoms with Crippen LogP contribution in [0, 0.1) is 11.6 Å².